The van der Waals surface area contributed by atoms with Crippen LogP contribution in [0.5, 0.6) is 0 Å². The molecule has 1 aliphatic rings. The zero-order valence-electron chi connectivity index (χ0n) is 17.6. The van der Waals surface area contributed by atoms with Crippen LogP contribution in [-0.2, 0) is 20.4 Å². The highest BCUT2D eigenvalue weighted by molar-refractivity contribution is 5.94. The summed E-state index contributed by atoms with van der Waals surface area (Å²) in [5.41, 5.74) is 6.14. The average Bonchev–Trinajstić information content (AvgIpc) is 2.65. The smallest absolute Gasteiger partial charge is 0.337 e. The van der Waals surface area contributed by atoms with Crippen LogP contribution in [-0.4, -0.2) is 18.9 Å². The van der Waals surface area contributed by atoms with Crippen molar-refractivity contribution in [1.82, 2.24) is 0 Å². The van der Waals surface area contributed by atoms with Crippen molar-refractivity contribution in [1.29, 1.82) is 0 Å². The second-order valence-corrected chi connectivity index (χ2v) is 8.87. The van der Waals surface area contributed by atoms with E-state index < -0.39 is 5.41 Å². The van der Waals surface area contributed by atoms with Crippen LogP contribution in [0.4, 0.5) is 0 Å². The molecule has 0 bridgehead atoms. The summed E-state index contributed by atoms with van der Waals surface area (Å²) in [7, 11) is 1.37. The number of esters is 1. The summed E-state index contributed by atoms with van der Waals surface area (Å²) in [6.45, 7) is 14.7. The molecule has 0 fully saturated rings. The minimum Gasteiger partial charge on any atom is -0.465 e. The van der Waals surface area contributed by atoms with Gasteiger partial charge in [0.15, 0.2) is 0 Å². The lowest BCUT2D eigenvalue weighted by Crippen LogP contribution is -2.42. The number of ether oxygens (including phenoxy) is 1. The van der Waals surface area contributed by atoms with Crippen molar-refractivity contribution < 1.29 is 14.3 Å². The number of fused-ring (bicyclic) bond motifs is 1. The van der Waals surface area contributed by atoms with E-state index in [4.69, 9.17) is 4.74 Å². The van der Waals surface area contributed by atoms with Gasteiger partial charge < -0.3 is 4.74 Å². The van der Waals surface area contributed by atoms with Gasteiger partial charge in [0.25, 0.3) is 0 Å². The summed E-state index contributed by atoms with van der Waals surface area (Å²) in [6, 6.07) is 11.6. The standard InChI is InChI=1S/C25H28O3/c1-15-12-20-21(25(5,6)22(26)14-24(20,3)4)13-19(15)16(2)17-8-10-18(11-9-17)23(27)28-7/h8-13H,2,14H2,1,3-7H3. The molecule has 0 heterocycles. The third-order valence-electron chi connectivity index (χ3n) is 6.05. The SMILES string of the molecule is C=C(c1ccc(C(=O)OC)cc1)c1cc2c(cc1C)C(C)(C)CC(=O)C2(C)C. The van der Waals surface area contributed by atoms with Crippen molar-refractivity contribution in [3.8, 4) is 0 Å². The molecular formula is C25H28O3. The number of hydrogen-bond donors (Lipinski definition) is 0. The second kappa shape index (κ2) is 6.73. The van der Waals surface area contributed by atoms with Crippen molar-refractivity contribution >= 4 is 17.3 Å². The molecule has 0 N–H and O–H groups in total. The number of carbonyl (C=O) groups is 2. The first-order chi connectivity index (χ1) is 13.0. The van der Waals surface area contributed by atoms with E-state index in [-0.39, 0.29) is 17.2 Å². The highest BCUT2D eigenvalue weighted by atomic mass is 16.5. The molecule has 0 spiro atoms. The van der Waals surface area contributed by atoms with Crippen LogP contribution in [0.15, 0.2) is 43.0 Å². The Morgan fingerprint density at radius 3 is 2.14 bits per heavy atom. The molecule has 0 saturated heterocycles. The molecule has 3 rings (SSSR count). The molecule has 28 heavy (non-hydrogen) atoms. The molecule has 0 atom stereocenters. The van der Waals surface area contributed by atoms with Crippen LogP contribution in [0, 0.1) is 6.92 Å². The topological polar surface area (TPSA) is 43.4 Å². The predicted octanol–water partition coefficient (Wildman–Crippen LogP) is 5.37. The number of ketones is 1. The lowest BCUT2D eigenvalue weighted by Gasteiger charge is -2.41. The fourth-order valence-corrected chi connectivity index (χ4v) is 4.06. The molecule has 3 heteroatoms. The molecular weight excluding hydrogens is 348 g/mol. The van der Waals surface area contributed by atoms with Crippen molar-refractivity contribution in [2.75, 3.05) is 7.11 Å². The largest absolute Gasteiger partial charge is 0.465 e. The number of Topliss-reactive ketones (excluding diaryl/α,β-unsaturated/α-hetero) is 1. The lowest BCUT2D eigenvalue weighted by atomic mass is 9.61. The Morgan fingerprint density at radius 1 is 1.00 bits per heavy atom. The predicted molar refractivity (Wildman–Crippen MR) is 113 cm³/mol. The number of rotatable bonds is 3. The first-order valence-electron chi connectivity index (χ1n) is 9.56. The van der Waals surface area contributed by atoms with Gasteiger partial charge in [0.2, 0.25) is 0 Å². The zero-order chi connectivity index (χ0) is 20.9. The maximum absolute atomic E-state index is 12.8. The van der Waals surface area contributed by atoms with Crippen LogP contribution in [0.25, 0.3) is 5.57 Å². The Morgan fingerprint density at radius 2 is 1.57 bits per heavy atom. The van der Waals surface area contributed by atoms with Gasteiger partial charge in [-0.25, -0.2) is 4.79 Å². The summed E-state index contributed by atoms with van der Waals surface area (Å²) in [6.07, 6.45) is 0.557. The number of carbonyl (C=O) groups excluding carboxylic acids is 2. The number of benzene rings is 2. The van der Waals surface area contributed by atoms with Crippen LogP contribution < -0.4 is 0 Å². The summed E-state index contributed by atoms with van der Waals surface area (Å²) in [5, 5.41) is 0. The van der Waals surface area contributed by atoms with Gasteiger partial charge in [-0.3, -0.25) is 4.79 Å². The van der Waals surface area contributed by atoms with E-state index >= 15 is 0 Å². The van der Waals surface area contributed by atoms with Crippen molar-refractivity contribution in [2.24, 2.45) is 0 Å². The van der Waals surface area contributed by atoms with Gasteiger partial charge in [0.1, 0.15) is 5.78 Å². The molecule has 0 aliphatic heterocycles. The third-order valence-corrected chi connectivity index (χ3v) is 6.05. The molecule has 2 aromatic carbocycles. The number of aryl methyl sites for hydroxylation is 1. The summed E-state index contributed by atoms with van der Waals surface area (Å²) >= 11 is 0. The Balaban J connectivity index is 2.09. The maximum atomic E-state index is 12.8. The molecule has 0 aromatic heterocycles. The van der Waals surface area contributed by atoms with E-state index in [0.29, 0.717) is 12.0 Å². The van der Waals surface area contributed by atoms with Gasteiger partial charge in [-0.15, -0.1) is 0 Å². The van der Waals surface area contributed by atoms with Crippen molar-refractivity contribution in [3.05, 3.63) is 76.4 Å². The van der Waals surface area contributed by atoms with E-state index in [1.165, 1.54) is 12.7 Å². The van der Waals surface area contributed by atoms with Gasteiger partial charge in [-0.05, 0) is 77.8 Å². The summed E-state index contributed by atoms with van der Waals surface area (Å²) < 4.78 is 4.76. The Kier molecular flexibility index (Phi) is 4.82. The monoisotopic (exact) mass is 376 g/mol. The maximum Gasteiger partial charge on any atom is 0.337 e. The van der Waals surface area contributed by atoms with Crippen LogP contribution >= 0.6 is 0 Å². The van der Waals surface area contributed by atoms with Gasteiger partial charge in [0.05, 0.1) is 12.7 Å². The minimum absolute atomic E-state index is 0.172. The summed E-state index contributed by atoms with van der Waals surface area (Å²) in [4.78, 5) is 24.5. The molecule has 0 unspecified atom stereocenters. The van der Waals surface area contributed by atoms with E-state index in [2.05, 4.69) is 39.5 Å². The molecule has 1 aliphatic carbocycles. The highest BCUT2D eigenvalue weighted by Gasteiger charge is 2.43. The lowest BCUT2D eigenvalue weighted by molar-refractivity contribution is -0.125. The van der Waals surface area contributed by atoms with E-state index in [0.717, 1.165) is 27.8 Å². The van der Waals surface area contributed by atoms with Gasteiger partial charge >= 0.3 is 5.97 Å². The van der Waals surface area contributed by atoms with E-state index in [1.807, 2.05) is 26.0 Å². The van der Waals surface area contributed by atoms with Gasteiger partial charge in [-0.2, -0.15) is 0 Å². The average molecular weight is 376 g/mol. The molecule has 0 amide bonds. The normalized spacial score (nSPS) is 17.0. The van der Waals surface area contributed by atoms with Crippen LogP contribution in [0.2, 0.25) is 0 Å². The molecule has 3 nitrogen and oxygen atoms in total. The summed E-state index contributed by atoms with van der Waals surface area (Å²) in [5.74, 6) is -0.0857. The molecule has 0 saturated carbocycles. The first kappa shape index (κ1) is 20.1. The van der Waals surface area contributed by atoms with E-state index in [9.17, 15) is 9.59 Å². The number of hydrogen-bond acceptors (Lipinski definition) is 3. The quantitative estimate of drug-likeness (QED) is 0.676. The Hall–Kier alpha value is -2.68. The first-order valence-corrected chi connectivity index (χ1v) is 9.56. The van der Waals surface area contributed by atoms with Crippen molar-refractivity contribution in [2.45, 2.75) is 51.9 Å². The molecule has 146 valence electrons. The van der Waals surface area contributed by atoms with Gasteiger partial charge in [0, 0.05) is 11.8 Å². The Bertz CT molecular complexity index is 976. The van der Waals surface area contributed by atoms with Crippen molar-refractivity contribution in [3.63, 3.8) is 0 Å². The Labute approximate surface area is 167 Å². The zero-order valence-corrected chi connectivity index (χ0v) is 17.6. The van der Waals surface area contributed by atoms with Crippen LogP contribution in [0.1, 0.15) is 72.3 Å². The molecule has 2 aromatic rings. The second-order valence-electron chi connectivity index (χ2n) is 8.87. The van der Waals surface area contributed by atoms with Crippen LogP contribution in [0.3, 0.4) is 0 Å². The fraction of sp³-hybridized carbons (Fsp3) is 0.360. The third kappa shape index (κ3) is 3.19. The fourth-order valence-electron chi connectivity index (χ4n) is 4.06. The van der Waals surface area contributed by atoms with Gasteiger partial charge in [-0.1, -0.05) is 38.6 Å². The highest BCUT2D eigenvalue weighted by Crippen LogP contribution is 2.45. The minimum atomic E-state index is -0.512. The molecule has 0 radical (unpaired) electrons. The number of methoxy groups -OCH3 is 1. The van der Waals surface area contributed by atoms with E-state index in [1.54, 1.807) is 12.1 Å².